The van der Waals surface area contributed by atoms with Crippen molar-refractivity contribution < 1.29 is 0 Å². The summed E-state index contributed by atoms with van der Waals surface area (Å²) in [6, 6.07) is 1.47. The van der Waals surface area contributed by atoms with E-state index in [0.717, 1.165) is 13.1 Å². The monoisotopic (exact) mass is 180 g/mol. The van der Waals surface area contributed by atoms with Gasteiger partial charge in [0.15, 0.2) is 0 Å². The molecule has 1 aliphatic heterocycles. The first-order chi connectivity index (χ1) is 6.19. The quantitative estimate of drug-likeness (QED) is 0.661. The Balaban J connectivity index is 2.62. The van der Waals surface area contributed by atoms with Crippen molar-refractivity contribution in [2.45, 2.75) is 32.0 Å². The second kappa shape index (κ2) is 4.58. The average molecular weight is 180 g/mol. The topological polar surface area (TPSA) is 15.3 Å². The number of hydrogen-bond donors (Lipinski definition) is 1. The highest BCUT2D eigenvalue weighted by Crippen LogP contribution is 2.12. The lowest BCUT2D eigenvalue weighted by Gasteiger charge is -2.40. The van der Waals surface area contributed by atoms with Crippen LogP contribution in [0.5, 0.6) is 0 Å². The number of rotatable bonds is 3. The van der Waals surface area contributed by atoms with E-state index in [1.165, 1.54) is 0 Å². The maximum Gasteiger partial charge on any atom is 0.0404 e. The fourth-order valence-electron chi connectivity index (χ4n) is 1.79. The lowest BCUT2D eigenvalue weighted by molar-refractivity contribution is 0.135. The molecule has 1 N–H and O–H groups in total. The predicted molar refractivity (Wildman–Crippen MR) is 57.8 cm³/mol. The Labute approximate surface area is 81.3 Å². The molecule has 0 spiro atoms. The minimum Gasteiger partial charge on any atom is -0.307 e. The maximum atomic E-state index is 3.86. The van der Waals surface area contributed by atoms with E-state index in [4.69, 9.17) is 0 Å². The van der Waals surface area contributed by atoms with Gasteiger partial charge in [0.05, 0.1) is 0 Å². The summed E-state index contributed by atoms with van der Waals surface area (Å²) in [6.07, 6.45) is 4.00. The second-order valence-corrected chi connectivity index (χ2v) is 3.84. The highest BCUT2D eigenvalue weighted by atomic mass is 15.2. The molecule has 0 aromatic carbocycles. The molecule has 1 heterocycles. The van der Waals surface area contributed by atoms with Crippen LogP contribution in [0.3, 0.4) is 0 Å². The smallest absolute Gasteiger partial charge is 0.0404 e. The minimum atomic E-state index is 0.429. The molecular weight excluding hydrogens is 160 g/mol. The van der Waals surface area contributed by atoms with Crippen LogP contribution in [0.25, 0.3) is 0 Å². The first-order valence-electron chi connectivity index (χ1n) is 4.93. The summed E-state index contributed by atoms with van der Waals surface area (Å²) in [5.74, 6) is 0. The molecule has 0 saturated carbocycles. The normalized spacial score (nSPS) is 30.4. The molecule has 2 nitrogen and oxygen atoms in total. The molecule has 1 fully saturated rings. The Bertz CT molecular complexity index is 187. The van der Waals surface area contributed by atoms with Gasteiger partial charge in [0.25, 0.3) is 0 Å². The number of nitrogens with zero attached hydrogens (tertiary/aromatic N) is 1. The summed E-state index contributed by atoms with van der Waals surface area (Å²) in [5, 5.41) is 3.42. The highest BCUT2D eigenvalue weighted by Gasteiger charge is 2.25. The van der Waals surface area contributed by atoms with Crippen LogP contribution in [0.2, 0.25) is 0 Å². The third-order valence-corrected chi connectivity index (χ3v) is 2.64. The van der Waals surface area contributed by atoms with Gasteiger partial charge >= 0.3 is 0 Å². The molecule has 0 aliphatic carbocycles. The molecule has 13 heavy (non-hydrogen) atoms. The Hall–Kier alpha value is -0.600. The van der Waals surface area contributed by atoms with Gasteiger partial charge in [0.1, 0.15) is 0 Å². The van der Waals surface area contributed by atoms with E-state index < -0.39 is 0 Å². The van der Waals surface area contributed by atoms with Crippen LogP contribution in [0, 0.1) is 0 Å². The van der Waals surface area contributed by atoms with Gasteiger partial charge < -0.3 is 5.32 Å². The minimum absolute atomic E-state index is 0.429. The number of hydrogen-bond acceptors (Lipinski definition) is 2. The van der Waals surface area contributed by atoms with Crippen molar-refractivity contribution >= 4 is 0 Å². The van der Waals surface area contributed by atoms with Crippen LogP contribution in [0.15, 0.2) is 25.3 Å². The molecule has 74 valence electrons. The van der Waals surface area contributed by atoms with Crippen molar-refractivity contribution in [2.75, 3.05) is 13.1 Å². The van der Waals surface area contributed by atoms with Gasteiger partial charge in [-0.15, -0.1) is 13.2 Å². The van der Waals surface area contributed by atoms with Crippen LogP contribution in [0.4, 0.5) is 0 Å². The van der Waals surface area contributed by atoms with E-state index >= 15 is 0 Å². The zero-order chi connectivity index (χ0) is 9.84. The number of nitrogens with one attached hydrogen (secondary N) is 1. The van der Waals surface area contributed by atoms with Crippen LogP contribution < -0.4 is 5.32 Å². The predicted octanol–water partition coefficient (Wildman–Crippen LogP) is 1.41. The van der Waals surface area contributed by atoms with Crippen molar-refractivity contribution in [1.82, 2.24) is 10.2 Å². The standard InChI is InChI=1S/C11H20N2/c1-5-10-8-13(9(3)4)11(6-2)7-12-10/h5-6,9-12H,1-2,7-8H2,3-4H3/t10?,11-/m0/s1. The largest absolute Gasteiger partial charge is 0.307 e. The molecule has 0 radical (unpaired) electrons. The van der Waals surface area contributed by atoms with Crippen LogP contribution in [-0.4, -0.2) is 36.1 Å². The third-order valence-electron chi connectivity index (χ3n) is 2.64. The Morgan fingerprint density at radius 3 is 2.54 bits per heavy atom. The Kier molecular flexibility index (Phi) is 3.70. The summed E-state index contributed by atoms with van der Waals surface area (Å²) >= 11 is 0. The molecule has 0 amide bonds. The lowest BCUT2D eigenvalue weighted by atomic mass is 10.1. The van der Waals surface area contributed by atoms with E-state index in [-0.39, 0.29) is 0 Å². The van der Waals surface area contributed by atoms with E-state index in [9.17, 15) is 0 Å². The summed E-state index contributed by atoms with van der Waals surface area (Å²) in [6.45, 7) is 14.1. The van der Waals surface area contributed by atoms with E-state index in [0.29, 0.717) is 18.1 Å². The third kappa shape index (κ3) is 2.42. The molecule has 2 heteroatoms. The van der Waals surface area contributed by atoms with Crippen LogP contribution in [0.1, 0.15) is 13.8 Å². The van der Waals surface area contributed by atoms with Gasteiger partial charge in [-0.1, -0.05) is 12.2 Å². The summed E-state index contributed by atoms with van der Waals surface area (Å²) in [7, 11) is 0. The van der Waals surface area contributed by atoms with Gasteiger partial charge in [0.2, 0.25) is 0 Å². The molecule has 1 rings (SSSR count). The van der Waals surface area contributed by atoms with Gasteiger partial charge in [0, 0.05) is 31.2 Å². The Morgan fingerprint density at radius 2 is 2.08 bits per heavy atom. The molecule has 0 aromatic rings. The zero-order valence-corrected chi connectivity index (χ0v) is 8.66. The van der Waals surface area contributed by atoms with E-state index in [1.54, 1.807) is 0 Å². The van der Waals surface area contributed by atoms with Crippen molar-refractivity contribution in [3.63, 3.8) is 0 Å². The van der Waals surface area contributed by atoms with Crippen molar-refractivity contribution in [3.8, 4) is 0 Å². The molecule has 1 aliphatic rings. The second-order valence-electron chi connectivity index (χ2n) is 3.84. The first-order valence-corrected chi connectivity index (χ1v) is 4.93. The fourth-order valence-corrected chi connectivity index (χ4v) is 1.79. The van der Waals surface area contributed by atoms with Crippen molar-refractivity contribution in [3.05, 3.63) is 25.3 Å². The summed E-state index contributed by atoms with van der Waals surface area (Å²) < 4.78 is 0. The molecule has 1 unspecified atom stereocenters. The average Bonchev–Trinajstić information content (AvgIpc) is 2.16. The van der Waals surface area contributed by atoms with Gasteiger partial charge in [-0.2, -0.15) is 0 Å². The van der Waals surface area contributed by atoms with Crippen LogP contribution >= 0.6 is 0 Å². The van der Waals surface area contributed by atoms with E-state index in [2.05, 4.69) is 37.2 Å². The summed E-state index contributed by atoms with van der Waals surface area (Å²) in [5.41, 5.74) is 0. The zero-order valence-electron chi connectivity index (χ0n) is 8.66. The molecule has 2 atom stereocenters. The van der Waals surface area contributed by atoms with Crippen molar-refractivity contribution in [2.24, 2.45) is 0 Å². The highest BCUT2D eigenvalue weighted by molar-refractivity contribution is 5.01. The maximum absolute atomic E-state index is 3.86. The van der Waals surface area contributed by atoms with Gasteiger partial charge in [-0.05, 0) is 13.8 Å². The fraction of sp³-hybridized carbons (Fsp3) is 0.636. The van der Waals surface area contributed by atoms with Gasteiger partial charge in [-0.3, -0.25) is 4.90 Å². The SMILES string of the molecule is C=CC1CN(C(C)C)[C@@H](C=C)CN1. The molecule has 0 bridgehead atoms. The molecule has 1 saturated heterocycles. The first kappa shape index (κ1) is 10.5. The van der Waals surface area contributed by atoms with E-state index in [1.807, 2.05) is 12.2 Å². The van der Waals surface area contributed by atoms with Crippen LogP contribution in [-0.2, 0) is 0 Å². The van der Waals surface area contributed by atoms with Gasteiger partial charge in [-0.25, -0.2) is 0 Å². The molecular formula is C11H20N2. The Morgan fingerprint density at radius 1 is 1.38 bits per heavy atom. The lowest BCUT2D eigenvalue weighted by Crippen LogP contribution is -2.57. The summed E-state index contributed by atoms with van der Waals surface area (Å²) in [4.78, 5) is 2.45. The number of piperazine rings is 1. The molecule has 0 aromatic heterocycles. The van der Waals surface area contributed by atoms with Crippen molar-refractivity contribution in [1.29, 1.82) is 0 Å².